The zero-order valence-electron chi connectivity index (χ0n) is 12.0. The highest BCUT2D eigenvalue weighted by molar-refractivity contribution is 5.76. The molecule has 2 heterocycles. The molecule has 0 saturated heterocycles. The Bertz CT molecular complexity index is 816. The Morgan fingerprint density at radius 2 is 1.82 bits per heavy atom. The summed E-state index contributed by atoms with van der Waals surface area (Å²) in [5.74, 6) is 0.851. The van der Waals surface area contributed by atoms with Crippen molar-refractivity contribution in [3.63, 3.8) is 0 Å². The number of pyridine rings is 1. The molecule has 1 aromatic carbocycles. The van der Waals surface area contributed by atoms with Crippen LogP contribution in [0.25, 0.3) is 28.2 Å². The van der Waals surface area contributed by atoms with E-state index in [2.05, 4.69) is 28.4 Å². The third-order valence-electron chi connectivity index (χ3n) is 3.31. The van der Waals surface area contributed by atoms with Crippen LogP contribution < -0.4 is 5.73 Å². The second-order valence-electron chi connectivity index (χ2n) is 4.74. The first-order chi connectivity index (χ1) is 10.7. The monoisotopic (exact) mass is 289 g/mol. The summed E-state index contributed by atoms with van der Waals surface area (Å²) in [7, 11) is 0. The molecule has 0 aliphatic rings. The predicted octanol–water partition coefficient (Wildman–Crippen LogP) is 3.33. The molecule has 0 amide bonds. The molecular weight excluding hydrogens is 274 g/mol. The molecule has 2 N–H and O–H groups in total. The lowest BCUT2D eigenvalue weighted by Crippen LogP contribution is -2.05. The molecule has 5 nitrogen and oxygen atoms in total. The van der Waals surface area contributed by atoms with Gasteiger partial charge in [-0.2, -0.15) is 9.78 Å². The van der Waals surface area contributed by atoms with E-state index < -0.39 is 0 Å². The lowest BCUT2D eigenvalue weighted by Gasteiger charge is -2.05. The second kappa shape index (κ2) is 5.65. The maximum atomic E-state index is 5.68. The number of benzene rings is 1. The molecule has 0 aliphatic carbocycles. The lowest BCUT2D eigenvalue weighted by molar-refractivity contribution is 0.891. The van der Waals surface area contributed by atoms with E-state index >= 15 is 0 Å². The molecule has 0 saturated carbocycles. The largest absolute Gasteiger partial charge is 0.384 e. The highest BCUT2D eigenvalue weighted by Gasteiger charge is 2.12. The first kappa shape index (κ1) is 13.8. The number of aliphatic imine (C=N–C) groups is 1. The van der Waals surface area contributed by atoms with Crippen LogP contribution in [0.4, 0.5) is 5.82 Å². The van der Waals surface area contributed by atoms with Gasteiger partial charge in [-0.3, -0.25) is 4.98 Å². The van der Waals surface area contributed by atoms with Crippen LogP contribution in [-0.2, 0) is 0 Å². The first-order valence-electron chi connectivity index (χ1n) is 6.72. The number of aromatic nitrogens is 3. The van der Waals surface area contributed by atoms with Gasteiger partial charge in [0.05, 0.1) is 11.9 Å². The van der Waals surface area contributed by atoms with Gasteiger partial charge in [0.2, 0.25) is 0 Å². The molecule has 3 aromatic rings. The van der Waals surface area contributed by atoms with Gasteiger partial charge in [-0.25, -0.2) is 4.99 Å². The van der Waals surface area contributed by atoms with Gasteiger partial charge in [0.15, 0.2) is 5.82 Å². The normalized spacial score (nSPS) is 10.4. The maximum absolute atomic E-state index is 5.68. The zero-order chi connectivity index (χ0) is 15.5. The van der Waals surface area contributed by atoms with Crippen LogP contribution >= 0.6 is 0 Å². The molecule has 5 heteroatoms. The molecule has 2 aromatic heterocycles. The Hall–Kier alpha value is -3.21. The third kappa shape index (κ3) is 2.40. The van der Waals surface area contributed by atoms with Gasteiger partial charge in [-0.15, -0.1) is 0 Å². The standard InChI is InChI=1S/C17H15N5/c1-12(18)22-17(19-2)15(11-21-22)14-8-9-16(20-10-14)13-6-4-3-5-7-13/h3-11H,1-2,18H2. The molecule has 3 rings (SSSR count). The summed E-state index contributed by atoms with van der Waals surface area (Å²) < 4.78 is 1.45. The number of nitrogens with zero attached hydrogens (tertiary/aromatic N) is 4. The summed E-state index contributed by atoms with van der Waals surface area (Å²) in [4.78, 5) is 8.49. The summed E-state index contributed by atoms with van der Waals surface area (Å²) in [6.07, 6.45) is 3.47. The topological polar surface area (TPSA) is 69.1 Å². The third-order valence-corrected chi connectivity index (χ3v) is 3.31. The minimum atomic E-state index is 0.294. The molecule has 0 fully saturated rings. The van der Waals surface area contributed by atoms with E-state index in [1.807, 2.05) is 42.5 Å². The van der Waals surface area contributed by atoms with Crippen molar-refractivity contribution >= 4 is 18.4 Å². The molecule has 0 unspecified atom stereocenters. The Kier molecular flexibility index (Phi) is 3.53. The van der Waals surface area contributed by atoms with Crippen molar-refractivity contribution in [1.82, 2.24) is 14.8 Å². The van der Waals surface area contributed by atoms with Gasteiger partial charge in [-0.1, -0.05) is 43.0 Å². The highest BCUT2D eigenvalue weighted by Crippen LogP contribution is 2.31. The number of rotatable bonds is 4. The van der Waals surface area contributed by atoms with E-state index in [4.69, 9.17) is 5.73 Å². The van der Waals surface area contributed by atoms with Gasteiger partial charge in [0.1, 0.15) is 5.82 Å². The van der Waals surface area contributed by atoms with E-state index in [0.717, 1.165) is 22.4 Å². The molecule has 0 bridgehead atoms. The molecule has 0 atom stereocenters. The van der Waals surface area contributed by atoms with Gasteiger partial charge in [0, 0.05) is 22.9 Å². The Labute approximate surface area is 128 Å². The number of hydrogen-bond acceptors (Lipinski definition) is 4. The molecule has 0 radical (unpaired) electrons. The fraction of sp³-hybridized carbons (Fsp3) is 0. The van der Waals surface area contributed by atoms with Crippen LogP contribution in [-0.4, -0.2) is 21.5 Å². The van der Waals surface area contributed by atoms with Crippen molar-refractivity contribution in [3.05, 3.63) is 61.4 Å². The second-order valence-corrected chi connectivity index (χ2v) is 4.74. The minimum Gasteiger partial charge on any atom is -0.384 e. The average Bonchev–Trinajstić information content (AvgIpc) is 3.00. The van der Waals surface area contributed by atoms with E-state index in [1.165, 1.54) is 4.68 Å². The van der Waals surface area contributed by atoms with E-state index in [1.54, 1.807) is 12.4 Å². The van der Waals surface area contributed by atoms with Crippen LogP contribution in [0.5, 0.6) is 0 Å². The van der Waals surface area contributed by atoms with Crippen molar-refractivity contribution in [2.24, 2.45) is 10.7 Å². The van der Waals surface area contributed by atoms with E-state index in [-0.39, 0.29) is 0 Å². The fourth-order valence-corrected chi connectivity index (χ4v) is 2.24. The SMILES string of the molecule is C=Nc1c(-c2ccc(-c3ccccc3)nc2)cnn1C(=C)N. The minimum absolute atomic E-state index is 0.294. The Balaban J connectivity index is 2.00. The highest BCUT2D eigenvalue weighted by atomic mass is 15.3. The van der Waals surface area contributed by atoms with Gasteiger partial charge >= 0.3 is 0 Å². The van der Waals surface area contributed by atoms with Crippen LogP contribution in [0.3, 0.4) is 0 Å². The summed E-state index contributed by atoms with van der Waals surface area (Å²) in [5, 5.41) is 4.17. The van der Waals surface area contributed by atoms with Crippen LogP contribution in [0.1, 0.15) is 0 Å². The summed E-state index contributed by atoms with van der Waals surface area (Å²) in [5.41, 5.74) is 9.38. The van der Waals surface area contributed by atoms with Crippen molar-refractivity contribution in [1.29, 1.82) is 0 Å². The Morgan fingerprint density at radius 3 is 2.41 bits per heavy atom. The van der Waals surface area contributed by atoms with Crippen molar-refractivity contribution in [3.8, 4) is 22.4 Å². The quantitative estimate of drug-likeness (QED) is 0.749. The summed E-state index contributed by atoms with van der Waals surface area (Å²) in [6.45, 7) is 7.24. The number of nitrogens with two attached hydrogens (primary N) is 1. The average molecular weight is 289 g/mol. The first-order valence-corrected chi connectivity index (χ1v) is 6.72. The fourth-order valence-electron chi connectivity index (χ4n) is 2.24. The van der Waals surface area contributed by atoms with Crippen molar-refractivity contribution in [2.45, 2.75) is 0 Å². The van der Waals surface area contributed by atoms with Gasteiger partial charge in [-0.05, 0) is 12.8 Å². The molecule has 0 aliphatic heterocycles. The summed E-state index contributed by atoms with van der Waals surface area (Å²) >= 11 is 0. The van der Waals surface area contributed by atoms with E-state index in [0.29, 0.717) is 11.6 Å². The molecular formula is C17H15N5. The molecule has 0 spiro atoms. The van der Waals surface area contributed by atoms with Crippen LogP contribution in [0.2, 0.25) is 0 Å². The number of hydrogen-bond donors (Lipinski definition) is 1. The van der Waals surface area contributed by atoms with Gasteiger partial charge < -0.3 is 5.73 Å². The molecule has 22 heavy (non-hydrogen) atoms. The van der Waals surface area contributed by atoms with Crippen molar-refractivity contribution in [2.75, 3.05) is 0 Å². The van der Waals surface area contributed by atoms with Crippen molar-refractivity contribution < 1.29 is 0 Å². The van der Waals surface area contributed by atoms with Gasteiger partial charge in [0.25, 0.3) is 0 Å². The smallest absolute Gasteiger partial charge is 0.164 e. The maximum Gasteiger partial charge on any atom is 0.164 e. The van der Waals surface area contributed by atoms with Crippen LogP contribution in [0, 0.1) is 0 Å². The Morgan fingerprint density at radius 1 is 1.05 bits per heavy atom. The van der Waals surface area contributed by atoms with Crippen LogP contribution in [0.15, 0.2) is 66.4 Å². The summed E-state index contributed by atoms with van der Waals surface area (Å²) in [6, 6.07) is 13.9. The van der Waals surface area contributed by atoms with E-state index in [9.17, 15) is 0 Å². The molecule has 108 valence electrons. The zero-order valence-corrected chi connectivity index (χ0v) is 12.0. The lowest BCUT2D eigenvalue weighted by atomic mass is 10.1. The predicted molar refractivity (Wildman–Crippen MR) is 89.6 cm³/mol.